The minimum absolute atomic E-state index is 0.141. The van der Waals surface area contributed by atoms with Gasteiger partial charge in [0, 0.05) is 12.1 Å². The highest BCUT2D eigenvalue weighted by molar-refractivity contribution is 5.89. The van der Waals surface area contributed by atoms with Crippen LogP contribution in [0.15, 0.2) is 42.5 Å². The standard InChI is InChI=1S/C15H14FNO3/c1-20-14-7-6-10(15(18)19)8-13(14)17-9-11-4-2-3-5-12(11)16/h2-8,17H,9H2,1H3,(H,18,19). The van der Waals surface area contributed by atoms with Crippen molar-refractivity contribution in [1.82, 2.24) is 0 Å². The molecule has 0 heterocycles. The highest BCUT2D eigenvalue weighted by atomic mass is 19.1. The number of carboxylic acids is 1. The average Bonchev–Trinajstić information content (AvgIpc) is 2.46. The molecule has 0 aromatic heterocycles. The van der Waals surface area contributed by atoms with Crippen molar-refractivity contribution < 1.29 is 19.0 Å². The van der Waals surface area contributed by atoms with Crippen LogP contribution in [0.4, 0.5) is 10.1 Å². The van der Waals surface area contributed by atoms with Gasteiger partial charge < -0.3 is 15.2 Å². The van der Waals surface area contributed by atoms with Crippen molar-refractivity contribution >= 4 is 11.7 Å². The van der Waals surface area contributed by atoms with Crippen molar-refractivity contribution in [3.8, 4) is 5.75 Å². The maximum absolute atomic E-state index is 13.5. The van der Waals surface area contributed by atoms with E-state index in [9.17, 15) is 9.18 Å². The first-order valence-corrected chi connectivity index (χ1v) is 6.00. The molecular formula is C15H14FNO3. The zero-order chi connectivity index (χ0) is 14.5. The Morgan fingerprint density at radius 2 is 2.05 bits per heavy atom. The number of rotatable bonds is 5. The zero-order valence-electron chi connectivity index (χ0n) is 10.9. The lowest BCUT2D eigenvalue weighted by Gasteiger charge is -2.12. The number of halogens is 1. The average molecular weight is 275 g/mol. The summed E-state index contributed by atoms with van der Waals surface area (Å²) in [6.45, 7) is 0.242. The predicted octanol–water partition coefficient (Wildman–Crippen LogP) is 3.14. The van der Waals surface area contributed by atoms with Crippen LogP contribution < -0.4 is 10.1 Å². The summed E-state index contributed by atoms with van der Waals surface area (Å²) in [5, 5.41) is 12.0. The van der Waals surface area contributed by atoms with Crippen molar-refractivity contribution in [2.45, 2.75) is 6.54 Å². The molecule has 0 aliphatic heterocycles. The van der Waals surface area contributed by atoms with E-state index in [2.05, 4.69) is 5.32 Å². The molecule has 2 aromatic rings. The van der Waals surface area contributed by atoms with Crippen LogP contribution in [0.2, 0.25) is 0 Å². The number of ether oxygens (including phenoxy) is 1. The molecule has 0 unspecified atom stereocenters. The van der Waals surface area contributed by atoms with E-state index in [0.29, 0.717) is 17.0 Å². The number of benzene rings is 2. The molecule has 2 N–H and O–H groups in total. The number of carboxylic acid groups (broad SMARTS) is 1. The first-order valence-electron chi connectivity index (χ1n) is 6.00. The van der Waals surface area contributed by atoms with Gasteiger partial charge in [-0.1, -0.05) is 18.2 Å². The molecule has 104 valence electrons. The van der Waals surface area contributed by atoms with Gasteiger partial charge in [0.25, 0.3) is 0 Å². The molecule has 0 saturated heterocycles. The van der Waals surface area contributed by atoms with Crippen LogP contribution in [0.5, 0.6) is 5.75 Å². The molecule has 2 rings (SSSR count). The van der Waals surface area contributed by atoms with E-state index in [1.165, 1.54) is 25.3 Å². The van der Waals surface area contributed by atoms with Crippen molar-refractivity contribution in [3.63, 3.8) is 0 Å². The third kappa shape index (κ3) is 3.06. The second-order valence-electron chi connectivity index (χ2n) is 4.17. The Hall–Kier alpha value is -2.56. The SMILES string of the molecule is COc1ccc(C(=O)O)cc1NCc1ccccc1F. The number of carbonyl (C=O) groups is 1. The monoisotopic (exact) mass is 275 g/mol. The molecule has 0 amide bonds. The molecular weight excluding hydrogens is 261 g/mol. The Balaban J connectivity index is 2.22. The Morgan fingerprint density at radius 3 is 2.70 bits per heavy atom. The molecule has 0 bridgehead atoms. The summed E-state index contributed by atoms with van der Waals surface area (Å²) in [5.41, 5.74) is 1.15. The Bertz CT molecular complexity index is 628. The van der Waals surface area contributed by atoms with Crippen molar-refractivity contribution in [1.29, 1.82) is 0 Å². The lowest BCUT2D eigenvalue weighted by molar-refractivity contribution is 0.0697. The molecule has 0 saturated carbocycles. The number of hydrogen-bond acceptors (Lipinski definition) is 3. The summed E-state index contributed by atoms with van der Waals surface area (Å²) in [5.74, 6) is -0.832. The lowest BCUT2D eigenvalue weighted by Crippen LogP contribution is -2.05. The fourth-order valence-electron chi connectivity index (χ4n) is 1.81. The maximum atomic E-state index is 13.5. The van der Waals surface area contributed by atoms with Gasteiger partial charge in [-0.25, -0.2) is 9.18 Å². The van der Waals surface area contributed by atoms with Crippen LogP contribution in [0, 0.1) is 5.82 Å². The van der Waals surface area contributed by atoms with E-state index in [1.54, 1.807) is 24.3 Å². The Kier molecular flexibility index (Phi) is 4.20. The topological polar surface area (TPSA) is 58.6 Å². The summed E-state index contributed by atoms with van der Waals surface area (Å²) < 4.78 is 18.7. The predicted molar refractivity (Wildman–Crippen MR) is 73.7 cm³/mol. The maximum Gasteiger partial charge on any atom is 0.335 e. The molecule has 0 aliphatic carbocycles. The Morgan fingerprint density at radius 1 is 1.30 bits per heavy atom. The number of nitrogens with one attached hydrogen (secondary N) is 1. The second kappa shape index (κ2) is 6.06. The van der Waals surface area contributed by atoms with E-state index in [-0.39, 0.29) is 17.9 Å². The summed E-state index contributed by atoms with van der Waals surface area (Å²) in [7, 11) is 1.49. The van der Waals surface area contributed by atoms with Gasteiger partial charge in [0.15, 0.2) is 0 Å². The van der Waals surface area contributed by atoms with Gasteiger partial charge in [-0.2, -0.15) is 0 Å². The van der Waals surface area contributed by atoms with Crippen LogP contribution >= 0.6 is 0 Å². The summed E-state index contributed by atoms with van der Waals surface area (Å²) in [6, 6.07) is 10.9. The minimum Gasteiger partial charge on any atom is -0.495 e. The number of aromatic carboxylic acids is 1. The van der Waals surface area contributed by atoms with E-state index >= 15 is 0 Å². The van der Waals surface area contributed by atoms with E-state index in [4.69, 9.17) is 9.84 Å². The van der Waals surface area contributed by atoms with Gasteiger partial charge in [-0.3, -0.25) is 0 Å². The van der Waals surface area contributed by atoms with E-state index in [0.717, 1.165) is 0 Å². The third-order valence-electron chi connectivity index (χ3n) is 2.87. The summed E-state index contributed by atoms with van der Waals surface area (Å²) in [4.78, 5) is 11.0. The molecule has 0 aliphatic rings. The fourth-order valence-corrected chi connectivity index (χ4v) is 1.81. The molecule has 0 fully saturated rings. The minimum atomic E-state index is -1.03. The largest absolute Gasteiger partial charge is 0.495 e. The quantitative estimate of drug-likeness (QED) is 0.880. The van der Waals surface area contributed by atoms with E-state index < -0.39 is 5.97 Å². The fraction of sp³-hybridized carbons (Fsp3) is 0.133. The van der Waals surface area contributed by atoms with Crippen LogP contribution in [0.3, 0.4) is 0 Å². The number of methoxy groups -OCH3 is 1. The number of hydrogen-bond donors (Lipinski definition) is 2. The highest BCUT2D eigenvalue weighted by Gasteiger charge is 2.09. The first-order chi connectivity index (χ1) is 9.61. The van der Waals surface area contributed by atoms with Gasteiger partial charge >= 0.3 is 5.97 Å². The van der Waals surface area contributed by atoms with Gasteiger partial charge in [0.2, 0.25) is 0 Å². The van der Waals surface area contributed by atoms with Gasteiger partial charge in [-0.05, 0) is 24.3 Å². The normalized spacial score (nSPS) is 10.1. The smallest absolute Gasteiger partial charge is 0.335 e. The lowest BCUT2D eigenvalue weighted by atomic mass is 10.1. The van der Waals surface area contributed by atoms with E-state index in [1.807, 2.05) is 0 Å². The molecule has 2 aromatic carbocycles. The second-order valence-corrected chi connectivity index (χ2v) is 4.17. The Labute approximate surface area is 115 Å². The van der Waals surface area contributed by atoms with Gasteiger partial charge in [0.05, 0.1) is 18.4 Å². The summed E-state index contributed by atoms with van der Waals surface area (Å²) in [6.07, 6.45) is 0. The number of anilines is 1. The molecule has 0 spiro atoms. The van der Waals surface area contributed by atoms with Crippen molar-refractivity contribution in [2.75, 3.05) is 12.4 Å². The molecule has 20 heavy (non-hydrogen) atoms. The molecule has 0 radical (unpaired) electrons. The summed E-state index contributed by atoms with van der Waals surface area (Å²) >= 11 is 0. The van der Waals surface area contributed by atoms with Crippen LogP contribution in [-0.4, -0.2) is 18.2 Å². The highest BCUT2D eigenvalue weighted by Crippen LogP contribution is 2.26. The zero-order valence-corrected chi connectivity index (χ0v) is 10.9. The van der Waals surface area contributed by atoms with Gasteiger partial charge in [0.1, 0.15) is 11.6 Å². The van der Waals surface area contributed by atoms with Crippen LogP contribution in [0.1, 0.15) is 15.9 Å². The molecule has 5 heteroatoms. The molecule has 0 atom stereocenters. The third-order valence-corrected chi connectivity index (χ3v) is 2.87. The van der Waals surface area contributed by atoms with Crippen molar-refractivity contribution in [3.05, 3.63) is 59.4 Å². The van der Waals surface area contributed by atoms with Gasteiger partial charge in [-0.15, -0.1) is 0 Å². The first kappa shape index (κ1) is 13.9. The molecule has 4 nitrogen and oxygen atoms in total. The van der Waals surface area contributed by atoms with Crippen LogP contribution in [-0.2, 0) is 6.54 Å². The van der Waals surface area contributed by atoms with Crippen LogP contribution in [0.25, 0.3) is 0 Å². The van der Waals surface area contributed by atoms with Crippen molar-refractivity contribution in [2.24, 2.45) is 0 Å².